The van der Waals surface area contributed by atoms with E-state index < -0.39 is 0 Å². The molecule has 0 radical (unpaired) electrons. The maximum atomic E-state index is 13.5. The van der Waals surface area contributed by atoms with Crippen LogP contribution in [0, 0.1) is 19.7 Å². The van der Waals surface area contributed by atoms with Gasteiger partial charge in [-0.25, -0.2) is 4.39 Å². The van der Waals surface area contributed by atoms with Gasteiger partial charge < -0.3 is 9.73 Å². The summed E-state index contributed by atoms with van der Waals surface area (Å²) < 4.78 is 19.1. The van der Waals surface area contributed by atoms with Crippen molar-refractivity contribution in [2.75, 3.05) is 7.05 Å². The number of nitrogens with one attached hydrogen (secondary N) is 1. The second-order valence-corrected chi connectivity index (χ2v) is 4.18. The molecule has 2 aromatic rings. The summed E-state index contributed by atoms with van der Waals surface area (Å²) in [6.45, 7) is 3.65. The maximum Gasteiger partial charge on any atom is 0.126 e. The van der Waals surface area contributed by atoms with E-state index >= 15 is 0 Å². The van der Waals surface area contributed by atoms with Gasteiger partial charge in [0, 0.05) is 0 Å². The molecular weight excluding hydrogens is 217 g/mol. The molecule has 90 valence electrons. The molecule has 0 aliphatic rings. The van der Waals surface area contributed by atoms with Gasteiger partial charge in [-0.15, -0.1) is 0 Å². The summed E-state index contributed by atoms with van der Waals surface area (Å²) in [5.41, 5.74) is 1.52. The summed E-state index contributed by atoms with van der Waals surface area (Å²) >= 11 is 0. The lowest BCUT2D eigenvalue weighted by molar-refractivity contribution is 0.443. The second kappa shape index (κ2) is 4.72. The minimum Gasteiger partial charge on any atom is -0.464 e. The first-order chi connectivity index (χ1) is 8.11. The predicted molar refractivity (Wildman–Crippen MR) is 65.5 cm³/mol. The summed E-state index contributed by atoms with van der Waals surface area (Å²) in [6.07, 6.45) is 0. The van der Waals surface area contributed by atoms with Crippen LogP contribution in [0.4, 0.5) is 4.39 Å². The van der Waals surface area contributed by atoms with Gasteiger partial charge >= 0.3 is 0 Å². The van der Waals surface area contributed by atoms with Gasteiger partial charge in [0.1, 0.15) is 17.3 Å². The van der Waals surface area contributed by atoms with Crippen LogP contribution < -0.4 is 5.32 Å². The largest absolute Gasteiger partial charge is 0.464 e. The molecule has 0 saturated carbocycles. The van der Waals surface area contributed by atoms with Crippen molar-refractivity contribution in [2.45, 2.75) is 19.9 Å². The molecule has 0 bridgehead atoms. The van der Waals surface area contributed by atoms with Crippen LogP contribution in [0.1, 0.15) is 28.7 Å². The molecule has 3 heteroatoms. The Morgan fingerprint density at radius 3 is 2.47 bits per heavy atom. The quantitative estimate of drug-likeness (QED) is 0.879. The zero-order chi connectivity index (χ0) is 12.4. The first kappa shape index (κ1) is 11.9. The first-order valence-corrected chi connectivity index (χ1v) is 5.61. The molecule has 1 aromatic carbocycles. The van der Waals surface area contributed by atoms with E-state index in [1.807, 2.05) is 32.2 Å². The summed E-state index contributed by atoms with van der Waals surface area (Å²) in [5, 5.41) is 3.13. The van der Waals surface area contributed by atoms with Crippen molar-refractivity contribution in [1.82, 2.24) is 5.32 Å². The number of hydrogen-bond acceptors (Lipinski definition) is 2. The van der Waals surface area contributed by atoms with Gasteiger partial charge in [0.25, 0.3) is 0 Å². The number of hydrogen-bond donors (Lipinski definition) is 1. The lowest BCUT2D eigenvalue weighted by Gasteiger charge is -2.14. The van der Waals surface area contributed by atoms with Crippen LogP contribution in [0.25, 0.3) is 0 Å². The third kappa shape index (κ3) is 2.39. The number of benzene rings is 1. The van der Waals surface area contributed by atoms with Crippen LogP contribution in [0.2, 0.25) is 0 Å². The van der Waals surface area contributed by atoms with Crippen LogP contribution >= 0.6 is 0 Å². The number of furan rings is 1. The minimum atomic E-state index is -0.189. The maximum absolute atomic E-state index is 13.5. The molecule has 2 rings (SSSR count). The fourth-order valence-corrected chi connectivity index (χ4v) is 1.87. The van der Waals surface area contributed by atoms with Gasteiger partial charge in [-0.1, -0.05) is 12.1 Å². The second-order valence-electron chi connectivity index (χ2n) is 4.18. The molecule has 0 fully saturated rings. The van der Waals surface area contributed by atoms with Crippen molar-refractivity contribution in [3.63, 3.8) is 0 Å². The van der Waals surface area contributed by atoms with Gasteiger partial charge in [0.2, 0.25) is 0 Å². The standard InChI is InChI=1S/C14H16FNO/c1-9-4-6-11(8-12(9)15)14(16-3)13-7-5-10(2)17-13/h4-8,14,16H,1-3H3. The highest BCUT2D eigenvalue weighted by Crippen LogP contribution is 2.24. The molecule has 2 nitrogen and oxygen atoms in total. The SMILES string of the molecule is CNC(c1ccc(C)c(F)c1)c1ccc(C)o1. The summed E-state index contributed by atoms with van der Waals surface area (Å²) in [4.78, 5) is 0. The zero-order valence-corrected chi connectivity index (χ0v) is 10.3. The van der Waals surface area contributed by atoms with Crippen LogP contribution in [-0.4, -0.2) is 7.05 Å². The van der Waals surface area contributed by atoms with E-state index in [1.165, 1.54) is 0 Å². The molecule has 1 aromatic heterocycles. The van der Waals surface area contributed by atoms with Gasteiger partial charge in [-0.3, -0.25) is 0 Å². The molecule has 1 heterocycles. The van der Waals surface area contributed by atoms with E-state index in [1.54, 1.807) is 19.1 Å². The van der Waals surface area contributed by atoms with E-state index in [4.69, 9.17) is 4.42 Å². The van der Waals surface area contributed by atoms with E-state index in [9.17, 15) is 4.39 Å². The molecule has 1 unspecified atom stereocenters. The van der Waals surface area contributed by atoms with Crippen molar-refractivity contribution in [3.8, 4) is 0 Å². The molecule has 0 spiro atoms. The summed E-state index contributed by atoms with van der Waals surface area (Å²) in [6, 6.07) is 8.95. The smallest absolute Gasteiger partial charge is 0.126 e. The summed E-state index contributed by atoms with van der Waals surface area (Å²) in [7, 11) is 1.83. The fourth-order valence-electron chi connectivity index (χ4n) is 1.87. The fraction of sp³-hybridized carbons (Fsp3) is 0.286. The highest BCUT2D eigenvalue weighted by Gasteiger charge is 2.16. The molecule has 17 heavy (non-hydrogen) atoms. The molecule has 0 saturated heterocycles. The lowest BCUT2D eigenvalue weighted by Crippen LogP contribution is -2.17. The highest BCUT2D eigenvalue weighted by atomic mass is 19.1. The van der Waals surface area contributed by atoms with Crippen LogP contribution in [0.15, 0.2) is 34.7 Å². The molecule has 1 N–H and O–H groups in total. The average Bonchev–Trinajstić information content (AvgIpc) is 2.71. The van der Waals surface area contributed by atoms with Crippen LogP contribution in [0.3, 0.4) is 0 Å². The van der Waals surface area contributed by atoms with Crippen molar-refractivity contribution >= 4 is 0 Å². The average molecular weight is 233 g/mol. The Balaban J connectivity index is 2.38. The summed E-state index contributed by atoms with van der Waals surface area (Å²) in [5.74, 6) is 1.46. The van der Waals surface area contributed by atoms with Crippen molar-refractivity contribution in [3.05, 3.63) is 58.8 Å². The Labute approximate surface area is 100 Å². The Morgan fingerprint density at radius 1 is 1.18 bits per heavy atom. The Kier molecular flexibility index (Phi) is 3.29. The van der Waals surface area contributed by atoms with Crippen LogP contribution in [-0.2, 0) is 0 Å². The molecule has 1 atom stereocenters. The Bertz CT molecular complexity index is 519. The normalized spacial score (nSPS) is 12.7. The molecule has 0 aliphatic heterocycles. The number of halogens is 1. The molecule has 0 aliphatic carbocycles. The topological polar surface area (TPSA) is 25.2 Å². The molecular formula is C14H16FNO. The monoisotopic (exact) mass is 233 g/mol. The zero-order valence-electron chi connectivity index (χ0n) is 10.3. The van der Waals surface area contributed by atoms with Crippen molar-refractivity contribution < 1.29 is 8.81 Å². The third-order valence-electron chi connectivity index (χ3n) is 2.86. The third-order valence-corrected chi connectivity index (χ3v) is 2.86. The van der Waals surface area contributed by atoms with Gasteiger partial charge in [0.15, 0.2) is 0 Å². The van der Waals surface area contributed by atoms with Crippen molar-refractivity contribution in [2.24, 2.45) is 0 Å². The van der Waals surface area contributed by atoms with E-state index in [0.717, 1.165) is 17.1 Å². The Morgan fingerprint density at radius 2 is 1.94 bits per heavy atom. The minimum absolute atomic E-state index is 0.112. The van der Waals surface area contributed by atoms with Gasteiger partial charge in [-0.2, -0.15) is 0 Å². The highest BCUT2D eigenvalue weighted by molar-refractivity contribution is 5.30. The van der Waals surface area contributed by atoms with Gasteiger partial charge in [-0.05, 0) is 50.2 Å². The van der Waals surface area contributed by atoms with Gasteiger partial charge in [0.05, 0.1) is 6.04 Å². The molecule has 0 amide bonds. The van der Waals surface area contributed by atoms with Crippen molar-refractivity contribution in [1.29, 1.82) is 0 Å². The predicted octanol–water partition coefficient (Wildman–Crippen LogP) is 3.34. The number of rotatable bonds is 3. The Hall–Kier alpha value is -1.61. The first-order valence-electron chi connectivity index (χ1n) is 5.61. The van der Waals surface area contributed by atoms with E-state index in [0.29, 0.717) is 5.56 Å². The lowest BCUT2D eigenvalue weighted by atomic mass is 10.0. The van der Waals surface area contributed by atoms with E-state index in [2.05, 4.69) is 5.32 Å². The van der Waals surface area contributed by atoms with Crippen LogP contribution in [0.5, 0.6) is 0 Å². The van der Waals surface area contributed by atoms with E-state index in [-0.39, 0.29) is 11.9 Å². The number of aryl methyl sites for hydroxylation is 2.